The molecule has 1 rings (SSSR count). The molecule has 1 aliphatic heterocycles. The van der Waals surface area contributed by atoms with E-state index >= 15 is 0 Å². The lowest BCUT2D eigenvalue weighted by Gasteiger charge is -2.33. The van der Waals surface area contributed by atoms with Crippen molar-refractivity contribution in [2.45, 2.75) is 32.2 Å². The Labute approximate surface area is 105 Å². The molecule has 0 aromatic carbocycles. The van der Waals surface area contributed by atoms with Crippen LogP contribution >= 0.6 is 0 Å². The van der Waals surface area contributed by atoms with Crippen molar-refractivity contribution >= 4 is 10.0 Å². The van der Waals surface area contributed by atoms with Crippen LogP contribution in [0.5, 0.6) is 0 Å². The fraction of sp³-hybridized carbons (Fsp3) is 1.00. The molecule has 1 N–H and O–H groups in total. The number of piperidine rings is 1. The molecule has 0 radical (unpaired) electrons. The number of hydrogen-bond acceptors (Lipinski definition) is 4. The first-order valence-corrected chi connectivity index (χ1v) is 7.92. The molecule has 0 aromatic heterocycles. The van der Waals surface area contributed by atoms with Crippen LogP contribution < -0.4 is 5.32 Å². The Morgan fingerprint density at radius 1 is 1.47 bits per heavy atom. The lowest BCUT2D eigenvalue weighted by molar-refractivity contribution is 0.198. The van der Waals surface area contributed by atoms with E-state index in [1.165, 1.54) is 0 Å². The maximum atomic E-state index is 12.2. The van der Waals surface area contributed by atoms with Crippen LogP contribution in [0.4, 0.5) is 0 Å². The summed E-state index contributed by atoms with van der Waals surface area (Å²) >= 11 is 0. The molecule has 1 aliphatic rings. The van der Waals surface area contributed by atoms with Gasteiger partial charge in [-0.15, -0.1) is 0 Å². The Hall–Kier alpha value is -0.170. The summed E-state index contributed by atoms with van der Waals surface area (Å²) in [5.41, 5.74) is 0. The normalized spacial score (nSPS) is 21.9. The number of hydrogen-bond donors (Lipinski definition) is 1. The van der Waals surface area contributed by atoms with Crippen LogP contribution in [0.1, 0.15) is 26.2 Å². The third-order valence-electron chi connectivity index (χ3n) is 3.10. The van der Waals surface area contributed by atoms with Gasteiger partial charge in [0, 0.05) is 32.8 Å². The molecule has 1 atom stereocenters. The summed E-state index contributed by atoms with van der Waals surface area (Å²) in [6.07, 6.45) is 2.58. The van der Waals surface area contributed by atoms with E-state index in [1.807, 2.05) is 6.92 Å². The van der Waals surface area contributed by atoms with Crippen molar-refractivity contribution in [3.05, 3.63) is 0 Å². The average molecular weight is 264 g/mol. The average Bonchev–Trinajstić information content (AvgIpc) is 2.31. The highest BCUT2D eigenvalue weighted by molar-refractivity contribution is 7.89. The predicted octanol–water partition coefficient (Wildman–Crippen LogP) is 0.427. The van der Waals surface area contributed by atoms with E-state index in [9.17, 15) is 8.42 Å². The number of methoxy groups -OCH3 is 1. The van der Waals surface area contributed by atoms with Crippen molar-refractivity contribution < 1.29 is 13.2 Å². The second-order valence-electron chi connectivity index (χ2n) is 4.37. The minimum Gasteiger partial charge on any atom is -0.385 e. The lowest BCUT2D eigenvalue weighted by atomic mass is 10.1. The summed E-state index contributed by atoms with van der Waals surface area (Å²) in [7, 11) is -1.54. The molecule has 0 spiro atoms. The van der Waals surface area contributed by atoms with E-state index in [-0.39, 0.29) is 11.8 Å². The SMILES string of the molecule is CCN(C1CCCNC1)S(=O)(=O)CCCOC. The van der Waals surface area contributed by atoms with Crippen molar-refractivity contribution in [1.82, 2.24) is 9.62 Å². The summed E-state index contributed by atoms with van der Waals surface area (Å²) in [4.78, 5) is 0. The van der Waals surface area contributed by atoms with Gasteiger partial charge in [-0.1, -0.05) is 6.92 Å². The van der Waals surface area contributed by atoms with Crippen molar-refractivity contribution in [3.8, 4) is 0 Å². The van der Waals surface area contributed by atoms with Crippen LogP contribution in [0.25, 0.3) is 0 Å². The predicted molar refractivity (Wildman–Crippen MR) is 68.6 cm³/mol. The van der Waals surface area contributed by atoms with Gasteiger partial charge in [-0.05, 0) is 25.8 Å². The number of ether oxygens (including phenoxy) is 1. The monoisotopic (exact) mass is 264 g/mol. The van der Waals surface area contributed by atoms with Crippen LogP contribution in [-0.2, 0) is 14.8 Å². The molecule has 1 saturated heterocycles. The smallest absolute Gasteiger partial charge is 0.214 e. The van der Waals surface area contributed by atoms with Crippen molar-refractivity contribution in [2.75, 3.05) is 39.1 Å². The molecule has 0 bridgehead atoms. The standard InChI is InChI=1S/C11H24N2O3S/c1-3-13(11-6-4-7-12-10-11)17(14,15)9-5-8-16-2/h11-12H,3-10H2,1-2H3. The first kappa shape index (κ1) is 14.9. The maximum absolute atomic E-state index is 12.2. The minimum atomic E-state index is -3.13. The van der Waals surface area contributed by atoms with Crippen molar-refractivity contribution in [1.29, 1.82) is 0 Å². The maximum Gasteiger partial charge on any atom is 0.214 e. The number of nitrogens with zero attached hydrogens (tertiary/aromatic N) is 1. The Morgan fingerprint density at radius 3 is 2.76 bits per heavy atom. The zero-order valence-electron chi connectivity index (χ0n) is 10.8. The molecular weight excluding hydrogens is 240 g/mol. The van der Waals surface area contributed by atoms with E-state index in [4.69, 9.17) is 4.74 Å². The molecule has 17 heavy (non-hydrogen) atoms. The van der Waals surface area contributed by atoms with Crippen LogP contribution in [0, 0.1) is 0 Å². The van der Waals surface area contributed by atoms with Gasteiger partial charge in [0.1, 0.15) is 0 Å². The lowest BCUT2D eigenvalue weighted by Crippen LogP contribution is -2.49. The van der Waals surface area contributed by atoms with E-state index < -0.39 is 10.0 Å². The Bertz CT molecular complexity index is 300. The van der Waals surface area contributed by atoms with Gasteiger partial charge in [-0.2, -0.15) is 4.31 Å². The Balaban J connectivity index is 2.57. The summed E-state index contributed by atoms with van der Waals surface area (Å²) in [5.74, 6) is 0.186. The zero-order valence-corrected chi connectivity index (χ0v) is 11.6. The van der Waals surface area contributed by atoms with Gasteiger partial charge in [-0.3, -0.25) is 0 Å². The van der Waals surface area contributed by atoms with Gasteiger partial charge >= 0.3 is 0 Å². The topological polar surface area (TPSA) is 58.6 Å². The molecule has 1 fully saturated rings. The first-order valence-electron chi connectivity index (χ1n) is 6.31. The second kappa shape index (κ2) is 7.31. The number of rotatable bonds is 7. The van der Waals surface area contributed by atoms with Crippen LogP contribution in [0.2, 0.25) is 0 Å². The van der Waals surface area contributed by atoms with Crippen LogP contribution in [-0.4, -0.2) is 57.9 Å². The molecule has 5 nitrogen and oxygen atoms in total. The summed E-state index contributed by atoms with van der Waals surface area (Å²) in [6, 6.07) is 0.126. The molecule has 0 aromatic rings. The van der Waals surface area contributed by atoms with Gasteiger partial charge in [0.15, 0.2) is 0 Å². The molecule has 0 amide bonds. The molecular formula is C11H24N2O3S. The fourth-order valence-corrected chi connectivity index (χ4v) is 4.01. The Morgan fingerprint density at radius 2 is 2.24 bits per heavy atom. The minimum absolute atomic E-state index is 0.126. The molecule has 1 unspecified atom stereocenters. The molecule has 0 aliphatic carbocycles. The van der Waals surface area contributed by atoms with E-state index in [2.05, 4.69) is 5.32 Å². The first-order chi connectivity index (χ1) is 8.11. The highest BCUT2D eigenvalue weighted by Gasteiger charge is 2.29. The number of sulfonamides is 1. The van der Waals surface area contributed by atoms with Gasteiger partial charge in [0.25, 0.3) is 0 Å². The molecule has 6 heteroatoms. The number of likely N-dealkylation sites (N-methyl/N-ethyl adjacent to an activating group) is 1. The molecule has 0 saturated carbocycles. The van der Waals surface area contributed by atoms with Gasteiger partial charge in [-0.25, -0.2) is 8.42 Å². The summed E-state index contributed by atoms with van der Waals surface area (Å²) < 4.78 is 30.9. The van der Waals surface area contributed by atoms with Gasteiger partial charge in [0.2, 0.25) is 10.0 Å². The molecule has 1 heterocycles. The number of nitrogens with one attached hydrogen (secondary N) is 1. The Kier molecular flexibility index (Phi) is 6.40. The van der Waals surface area contributed by atoms with E-state index in [0.29, 0.717) is 19.6 Å². The van der Waals surface area contributed by atoms with Crippen molar-refractivity contribution in [3.63, 3.8) is 0 Å². The van der Waals surface area contributed by atoms with Crippen LogP contribution in [0.15, 0.2) is 0 Å². The highest BCUT2D eigenvalue weighted by Crippen LogP contribution is 2.15. The summed E-state index contributed by atoms with van der Waals surface area (Å²) in [5, 5.41) is 3.26. The van der Waals surface area contributed by atoms with E-state index in [1.54, 1.807) is 11.4 Å². The van der Waals surface area contributed by atoms with Crippen LogP contribution in [0.3, 0.4) is 0 Å². The van der Waals surface area contributed by atoms with Crippen molar-refractivity contribution in [2.24, 2.45) is 0 Å². The second-order valence-corrected chi connectivity index (χ2v) is 6.41. The highest BCUT2D eigenvalue weighted by atomic mass is 32.2. The molecule has 102 valence electrons. The summed E-state index contributed by atoms with van der Waals surface area (Å²) in [6.45, 7) is 4.74. The largest absolute Gasteiger partial charge is 0.385 e. The third-order valence-corrected chi connectivity index (χ3v) is 5.17. The van der Waals surface area contributed by atoms with Gasteiger partial charge in [0.05, 0.1) is 5.75 Å². The fourth-order valence-electron chi connectivity index (χ4n) is 2.26. The zero-order chi connectivity index (χ0) is 12.7. The van der Waals surface area contributed by atoms with Gasteiger partial charge < -0.3 is 10.1 Å². The van der Waals surface area contributed by atoms with E-state index in [0.717, 1.165) is 25.9 Å². The quantitative estimate of drug-likeness (QED) is 0.677. The third kappa shape index (κ3) is 4.54.